The molecule has 3 rings (SSSR count). The number of aryl methyl sites for hydroxylation is 1. The fourth-order valence-electron chi connectivity index (χ4n) is 2.91. The van der Waals surface area contributed by atoms with Crippen molar-refractivity contribution in [2.75, 3.05) is 0 Å². The molecule has 1 fully saturated rings. The molecule has 24 heavy (non-hydrogen) atoms. The fourth-order valence-corrected chi connectivity index (χ4v) is 2.91. The van der Waals surface area contributed by atoms with Crippen molar-refractivity contribution in [1.82, 2.24) is 15.6 Å². The number of rotatable bonds is 5. The van der Waals surface area contributed by atoms with Crippen molar-refractivity contribution in [3.8, 4) is 0 Å². The first-order chi connectivity index (χ1) is 11.6. The minimum absolute atomic E-state index is 0.240. The lowest BCUT2D eigenvalue weighted by Gasteiger charge is -2.34. The highest BCUT2D eigenvalue weighted by Gasteiger charge is 2.49. The van der Waals surface area contributed by atoms with Gasteiger partial charge in [0.2, 0.25) is 11.8 Å². The standard InChI is InChI=1S/C18H17N3O3/c22-15-18(16(23)21-17(24)20-15,12-14-4-2-1-3-5-14)9-6-13-7-10-19-11-8-13/h1-5,7-8,10-11H,6,9,12H2,(H2,20,21,22,23,24). The van der Waals surface area contributed by atoms with E-state index in [1.165, 1.54) is 0 Å². The zero-order valence-electron chi connectivity index (χ0n) is 13.0. The normalized spacial score (nSPS) is 16.4. The molecule has 2 heterocycles. The first-order valence-electron chi connectivity index (χ1n) is 7.70. The predicted octanol–water partition coefficient (Wildman–Crippen LogP) is 1.61. The maximum Gasteiger partial charge on any atom is 0.328 e. The van der Waals surface area contributed by atoms with Gasteiger partial charge in [0.15, 0.2) is 0 Å². The molecule has 2 N–H and O–H groups in total. The summed E-state index contributed by atoms with van der Waals surface area (Å²) in [6.45, 7) is 0. The van der Waals surface area contributed by atoms with Gasteiger partial charge in [0, 0.05) is 12.4 Å². The maximum atomic E-state index is 12.6. The second kappa shape index (κ2) is 6.62. The van der Waals surface area contributed by atoms with Crippen LogP contribution in [0.15, 0.2) is 54.9 Å². The summed E-state index contributed by atoms with van der Waals surface area (Å²) in [5.74, 6) is -1.09. The molecule has 1 aromatic carbocycles. The number of urea groups is 1. The number of hydrogen-bond acceptors (Lipinski definition) is 4. The van der Waals surface area contributed by atoms with Gasteiger partial charge in [-0.1, -0.05) is 30.3 Å². The molecule has 6 heteroatoms. The number of hydrogen-bond donors (Lipinski definition) is 2. The largest absolute Gasteiger partial charge is 0.328 e. The van der Waals surface area contributed by atoms with Gasteiger partial charge in [-0.05, 0) is 42.5 Å². The topological polar surface area (TPSA) is 88.2 Å². The van der Waals surface area contributed by atoms with Crippen LogP contribution in [0.5, 0.6) is 0 Å². The molecular weight excluding hydrogens is 306 g/mol. The minimum atomic E-state index is -1.31. The Kier molecular flexibility index (Phi) is 4.37. The summed E-state index contributed by atoms with van der Waals surface area (Å²) in [5, 5.41) is 4.47. The van der Waals surface area contributed by atoms with Crippen molar-refractivity contribution < 1.29 is 14.4 Å². The van der Waals surface area contributed by atoms with Gasteiger partial charge in [0.25, 0.3) is 0 Å². The smallest absolute Gasteiger partial charge is 0.277 e. The zero-order valence-corrected chi connectivity index (χ0v) is 13.0. The summed E-state index contributed by atoms with van der Waals surface area (Å²) < 4.78 is 0. The molecule has 0 radical (unpaired) electrons. The van der Waals surface area contributed by atoms with Gasteiger partial charge in [-0.3, -0.25) is 25.2 Å². The van der Waals surface area contributed by atoms with E-state index in [1.807, 2.05) is 42.5 Å². The molecule has 6 nitrogen and oxygen atoms in total. The van der Waals surface area contributed by atoms with Gasteiger partial charge >= 0.3 is 6.03 Å². The van der Waals surface area contributed by atoms with Crippen LogP contribution in [0.25, 0.3) is 0 Å². The van der Waals surface area contributed by atoms with E-state index in [0.29, 0.717) is 12.8 Å². The van der Waals surface area contributed by atoms with Gasteiger partial charge in [-0.15, -0.1) is 0 Å². The van der Waals surface area contributed by atoms with E-state index in [4.69, 9.17) is 0 Å². The Labute approximate surface area is 139 Å². The molecule has 122 valence electrons. The Hall–Kier alpha value is -3.02. The molecule has 1 saturated heterocycles. The fraction of sp³-hybridized carbons (Fsp3) is 0.222. The minimum Gasteiger partial charge on any atom is -0.277 e. The number of barbiturate groups is 1. The monoisotopic (exact) mass is 323 g/mol. The van der Waals surface area contributed by atoms with Crippen molar-refractivity contribution in [3.63, 3.8) is 0 Å². The van der Waals surface area contributed by atoms with Crippen LogP contribution in [0, 0.1) is 5.41 Å². The van der Waals surface area contributed by atoms with Gasteiger partial charge in [-0.25, -0.2) is 4.79 Å². The van der Waals surface area contributed by atoms with Gasteiger partial charge in [0.05, 0.1) is 0 Å². The van der Waals surface area contributed by atoms with Crippen molar-refractivity contribution in [2.45, 2.75) is 19.3 Å². The number of aromatic nitrogens is 1. The summed E-state index contributed by atoms with van der Waals surface area (Å²) >= 11 is 0. The van der Waals surface area contributed by atoms with Crippen LogP contribution >= 0.6 is 0 Å². The Morgan fingerprint density at radius 1 is 0.833 bits per heavy atom. The number of benzene rings is 1. The first-order valence-corrected chi connectivity index (χ1v) is 7.70. The summed E-state index contributed by atoms with van der Waals surface area (Å²) in [7, 11) is 0. The molecule has 0 bridgehead atoms. The Bertz CT molecular complexity index is 740. The highest BCUT2D eigenvalue weighted by Crippen LogP contribution is 2.31. The van der Waals surface area contributed by atoms with Crippen molar-refractivity contribution in [3.05, 3.63) is 66.0 Å². The molecular formula is C18H17N3O3. The van der Waals surface area contributed by atoms with Crippen LogP contribution in [-0.4, -0.2) is 22.8 Å². The molecule has 2 aromatic rings. The van der Waals surface area contributed by atoms with Gasteiger partial charge in [-0.2, -0.15) is 0 Å². The van der Waals surface area contributed by atoms with E-state index in [-0.39, 0.29) is 6.42 Å². The van der Waals surface area contributed by atoms with Crippen LogP contribution in [-0.2, 0) is 22.4 Å². The highest BCUT2D eigenvalue weighted by molar-refractivity contribution is 6.19. The molecule has 0 atom stereocenters. The third-order valence-corrected chi connectivity index (χ3v) is 4.26. The van der Waals surface area contributed by atoms with E-state index in [2.05, 4.69) is 15.6 Å². The Morgan fingerprint density at radius 2 is 1.46 bits per heavy atom. The number of imide groups is 2. The number of carbonyl (C=O) groups excluding carboxylic acids is 3. The van der Waals surface area contributed by atoms with Gasteiger partial charge < -0.3 is 0 Å². The van der Waals surface area contributed by atoms with E-state index in [0.717, 1.165) is 11.1 Å². The molecule has 0 saturated carbocycles. The van der Waals surface area contributed by atoms with E-state index >= 15 is 0 Å². The van der Waals surface area contributed by atoms with Crippen LogP contribution < -0.4 is 10.6 Å². The molecule has 0 unspecified atom stereocenters. The number of nitrogens with zero attached hydrogens (tertiary/aromatic N) is 1. The maximum absolute atomic E-state index is 12.6. The average Bonchev–Trinajstić information content (AvgIpc) is 2.59. The van der Waals surface area contributed by atoms with Crippen molar-refractivity contribution in [1.29, 1.82) is 0 Å². The quantitative estimate of drug-likeness (QED) is 0.818. The second-order valence-corrected chi connectivity index (χ2v) is 5.84. The first kappa shape index (κ1) is 15.9. The highest BCUT2D eigenvalue weighted by atomic mass is 16.2. The summed E-state index contributed by atoms with van der Waals surface area (Å²) in [6.07, 6.45) is 4.42. The Morgan fingerprint density at radius 3 is 2.08 bits per heavy atom. The van der Waals surface area contributed by atoms with Crippen molar-refractivity contribution in [2.24, 2.45) is 5.41 Å². The summed E-state index contributed by atoms with van der Waals surface area (Å²) in [6, 6.07) is 12.2. The number of amides is 4. The third kappa shape index (κ3) is 3.17. The zero-order chi connectivity index (χ0) is 17.0. The lowest BCUT2D eigenvalue weighted by atomic mass is 9.74. The molecule has 0 aliphatic carbocycles. The number of carbonyl (C=O) groups is 3. The number of pyridine rings is 1. The van der Waals surface area contributed by atoms with Crippen molar-refractivity contribution >= 4 is 17.8 Å². The summed E-state index contributed by atoms with van der Waals surface area (Å²) in [5.41, 5.74) is 0.542. The van der Waals surface area contributed by atoms with Crippen LogP contribution in [0.3, 0.4) is 0 Å². The van der Waals surface area contributed by atoms with Crippen LogP contribution in [0.4, 0.5) is 4.79 Å². The van der Waals surface area contributed by atoms with Crippen LogP contribution in [0.2, 0.25) is 0 Å². The summed E-state index contributed by atoms with van der Waals surface area (Å²) in [4.78, 5) is 40.5. The van der Waals surface area contributed by atoms with Crippen LogP contribution in [0.1, 0.15) is 17.5 Å². The average molecular weight is 323 g/mol. The van der Waals surface area contributed by atoms with E-state index in [9.17, 15) is 14.4 Å². The SMILES string of the molecule is O=C1NC(=O)C(CCc2ccncc2)(Cc2ccccc2)C(=O)N1. The lowest BCUT2D eigenvalue weighted by Crippen LogP contribution is -2.63. The van der Waals surface area contributed by atoms with Gasteiger partial charge in [0.1, 0.15) is 5.41 Å². The second-order valence-electron chi connectivity index (χ2n) is 5.84. The third-order valence-electron chi connectivity index (χ3n) is 4.26. The lowest BCUT2D eigenvalue weighted by molar-refractivity contribution is -0.144. The molecule has 1 aromatic heterocycles. The predicted molar refractivity (Wildman–Crippen MR) is 86.8 cm³/mol. The van der Waals surface area contributed by atoms with E-state index in [1.54, 1.807) is 12.4 Å². The molecule has 1 aliphatic heterocycles. The number of nitrogens with one attached hydrogen (secondary N) is 2. The molecule has 1 aliphatic rings. The molecule has 4 amide bonds. The van der Waals surface area contributed by atoms with E-state index < -0.39 is 23.3 Å². The Balaban J connectivity index is 1.89. The molecule has 0 spiro atoms.